The maximum Gasteiger partial charge on any atom is 0.351 e. The first-order chi connectivity index (χ1) is 20.1. The van der Waals surface area contributed by atoms with Gasteiger partial charge in [-0.15, -0.1) is 0 Å². The zero-order chi connectivity index (χ0) is 29.9. The van der Waals surface area contributed by atoms with Crippen LogP contribution in [-0.2, 0) is 14.2 Å². The first-order valence-corrected chi connectivity index (χ1v) is 13.2. The lowest BCUT2D eigenvalue weighted by molar-refractivity contribution is -0.354. The van der Waals surface area contributed by atoms with E-state index >= 15 is 0 Å². The number of ether oxygens (including phenoxy) is 4. The van der Waals surface area contributed by atoms with Crippen molar-refractivity contribution in [3.8, 4) is 5.75 Å². The summed E-state index contributed by atoms with van der Waals surface area (Å²) in [6.45, 7) is 0.710. The summed E-state index contributed by atoms with van der Waals surface area (Å²) in [5, 5.41) is 61.9. The van der Waals surface area contributed by atoms with E-state index in [1.165, 1.54) is 31.2 Å². The molecule has 0 bridgehead atoms. The summed E-state index contributed by atoms with van der Waals surface area (Å²) >= 11 is 0. The fourth-order valence-electron chi connectivity index (χ4n) is 5.26. The Bertz CT molecular complexity index is 1730. The molecule has 0 amide bonds. The second kappa shape index (κ2) is 11.0. The van der Waals surface area contributed by atoms with E-state index in [1.54, 1.807) is 18.2 Å². The van der Waals surface area contributed by atoms with Crippen LogP contribution in [0.3, 0.4) is 0 Å². The van der Waals surface area contributed by atoms with Gasteiger partial charge in [0.15, 0.2) is 34.7 Å². The van der Waals surface area contributed by atoms with E-state index in [4.69, 9.17) is 27.8 Å². The van der Waals surface area contributed by atoms with Crippen molar-refractivity contribution in [3.05, 3.63) is 63.1 Å². The summed E-state index contributed by atoms with van der Waals surface area (Å²) in [5.41, 5.74) is -1.51. The molecule has 0 saturated carbocycles. The van der Waals surface area contributed by atoms with Crippen LogP contribution in [0.1, 0.15) is 6.92 Å². The number of aliphatic hydroxyl groups is 6. The highest BCUT2D eigenvalue weighted by molar-refractivity contribution is 6.04. The van der Waals surface area contributed by atoms with Crippen molar-refractivity contribution in [2.24, 2.45) is 0 Å². The predicted octanol–water partition coefficient (Wildman–Crippen LogP) is -0.917. The summed E-state index contributed by atoms with van der Waals surface area (Å²) < 4.78 is 34.3. The minimum atomic E-state index is -1.76. The average Bonchev–Trinajstić information content (AvgIpc) is 2.98. The van der Waals surface area contributed by atoms with Crippen LogP contribution >= 0.6 is 0 Å². The van der Waals surface area contributed by atoms with Gasteiger partial charge in [-0.3, -0.25) is 4.79 Å². The number of fused-ring (bicyclic) bond motifs is 4. The zero-order valence-corrected chi connectivity index (χ0v) is 22.0. The van der Waals surface area contributed by atoms with Crippen LogP contribution in [0.4, 0.5) is 0 Å². The van der Waals surface area contributed by atoms with Gasteiger partial charge in [-0.1, -0.05) is 18.2 Å². The number of hydrogen-bond donors (Lipinski definition) is 6. The third-order valence-electron chi connectivity index (χ3n) is 7.59. The minimum Gasteiger partial charge on any atom is -0.458 e. The molecule has 42 heavy (non-hydrogen) atoms. The number of rotatable bonds is 5. The van der Waals surface area contributed by atoms with Gasteiger partial charge in [-0.2, -0.15) is 0 Å². The van der Waals surface area contributed by atoms with Crippen LogP contribution in [0.15, 0.2) is 60.9 Å². The van der Waals surface area contributed by atoms with Crippen molar-refractivity contribution >= 4 is 32.9 Å². The van der Waals surface area contributed by atoms with Crippen molar-refractivity contribution in [1.29, 1.82) is 0 Å². The van der Waals surface area contributed by atoms with Crippen molar-refractivity contribution < 1.29 is 58.4 Å². The van der Waals surface area contributed by atoms with Crippen LogP contribution < -0.4 is 15.8 Å². The summed E-state index contributed by atoms with van der Waals surface area (Å²) in [6, 6.07) is 10.9. The third-order valence-corrected chi connectivity index (χ3v) is 7.59. The molecule has 14 heteroatoms. The third kappa shape index (κ3) is 4.66. The van der Waals surface area contributed by atoms with Gasteiger partial charge in [0.25, 0.3) is 0 Å². The summed E-state index contributed by atoms with van der Waals surface area (Å²) in [4.78, 5) is 26.1. The highest BCUT2D eigenvalue weighted by Gasteiger charge is 2.51. The normalized spacial score (nSPS) is 33.8. The quantitative estimate of drug-likeness (QED) is 0.0944. The molecule has 4 heterocycles. The van der Waals surface area contributed by atoms with E-state index in [2.05, 4.69) is 0 Å². The lowest BCUT2D eigenvalue weighted by atomic mass is 9.97. The maximum absolute atomic E-state index is 13.1. The van der Waals surface area contributed by atoms with Gasteiger partial charge >= 0.3 is 5.63 Å². The summed E-state index contributed by atoms with van der Waals surface area (Å²) in [6.07, 6.45) is -15.4. The highest BCUT2D eigenvalue weighted by atomic mass is 16.8. The highest BCUT2D eigenvalue weighted by Crippen LogP contribution is 2.35. The molecule has 2 aromatic carbocycles. The topological polar surface area (TPSA) is 219 Å². The van der Waals surface area contributed by atoms with Crippen molar-refractivity contribution in [3.63, 3.8) is 0 Å². The van der Waals surface area contributed by atoms with E-state index in [-0.39, 0.29) is 38.7 Å². The van der Waals surface area contributed by atoms with E-state index in [9.17, 15) is 40.2 Å². The Morgan fingerprint density at radius 1 is 0.762 bits per heavy atom. The van der Waals surface area contributed by atoms with Crippen LogP contribution in [-0.4, -0.2) is 98.7 Å². The first kappa shape index (κ1) is 28.7. The Hall–Kier alpha value is -3.44. The Morgan fingerprint density at radius 2 is 1.50 bits per heavy atom. The van der Waals surface area contributed by atoms with E-state index in [0.29, 0.717) is 0 Å². The first-order valence-electron chi connectivity index (χ1n) is 13.2. The van der Waals surface area contributed by atoms with Gasteiger partial charge in [0.05, 0.1) is 23.5 Å². The molecule has 2 aromatic heterocycles. The van der Waals surface area contributed by atoms with Gasteiger partial charge in [-0.25, -0.2) is 4.79 Å². The van der Waals surface area contributed by atoms with Gasteiger partial charge in [0.2, 0.25) is 11.7 Å². The molecule has 6 rings (SSSR count). The molecule has 224 valence electrons. The van der Waals surface area contributed by atoms with Crippen LogP contribution in [0.5, 0.6) is 5.75 Å². The van der Waals surface area contributed by atoms with E-state index in [0.717, 1.165) is 0 Å². The van der Waals surface area contributed by atoms with Crippen molar-refractivity contribution in [2.45, 2.75) is 68.3 Å². The fourth-order valence-corrected chi connectivity index (χ4v) is 5.26. The maximum atomic E-state index is 13.1. The lowest BCUT2D eigenvalue weighted by Crippen LogP contribution is -2.64. The monoisotopic (exact) mass is 588 g/mol. The molecule has 10 atom stereocenters. The molecule has 0 unspecified atom stereocenters. The van der Waals surface area contributed by atoms with E-state index < -0.39 is 79.1 Å². The average molecular weight is 589 g/mol. The molecule has 0 spiro atoms. The number of aliphatic hydroxyl groups excluding tert-OH is 6. The Balaban J connectivity index is 1.41. The molecule has 0 aliphatic carbocycles. The Kier molecular flexibility index (Phi) is 7.51. The lowest BCUT2D eigenvalue weighted by Gasteiger charge is -2.45. The van der Waals surface area contributed by atoms with Crippen LogP contribution in [0.25, 0.3) is 32.9 Å². The molecule has 2 aliphatic heterocycles. The van der Waals surface area contributed by atoms with Crippen molar-refractivity contribution in [1.82, 2.24) is 0 Å². The SMILES string of the molecule is C[C@@H]1O[C@@H](O[C@H]2[C@H](Oc3cccc4c3oc(=O)c3c(=O)c5ccccc5oc34)O[C@H](CO)[C@@H](O)[C@@H]2O)[C@H](O)[C@H](O)[C@H]1O. The number of para-hydroxylation sites is 2. The van der Waals surface area contributed by atoms with Crippen molar-refractivity contribution in [2.75, 3.05) is 6.61 Å². The number of hydrogen-bond acceptors (Lipinski definition) is 14. The van der Waals surface area contributed by atoms with Gasteiger partial charge in [0, 0.05) is 0 Å². The molecule has 0 radical (unpaired) electrons. The second-order valence-electron chi connectivity index (χ2n) is 10.3. The molecule has 2 aliphatic rings. The van der Waals surface area contributed by atoms with Crippen LogP contribution in [0.2, 0.25) is 0 Å². The smallest absolute Gasteiger partial charge is 0.351 e. The van der Waals surface area contributed by atoms with Crippen LogP contribution in [0, 0.1) is 0 Å². The van der Waals surface area contributed by atoms with Gasteiger partial charge in [0.1, 0.15) is 42.2 Å². The fraction of sp³-hybridized carbons (Fsp3) is 0.429. The largest absolute Gasteiger partial charge is 0.458 e. The Labute approximate surface area is 235 Å². The summed E-state index contributed by atoms with van der Waals surface area (Å²) in [7, 11) is 0. The molecule has 14 nitrogen and oxygen atoms in total. The van der Waals surface area contributed by atoms with Gasteiger partial charge in [-0.05, 0) is 31.2 Å². The summed E-state index contributed by atoms with van der Waals surface area (Å²) in [5.74, 6) is -0.116. The van der Waals surface area contributed by atoms with E-state index in [1.807, 2.05) is 0 Å². The molecular weight excluding hydrogens is 560 g/mol. The molecule has 2 saturated heterocycles. The Morgan fingerprint density at radius 3 is 2.26 bits per heavy atom. The molecule has 6 N–H and O–H groups in total. The predicted molar refractivity (Wildman–Crippen MR) is 142 cm³/mol. The zero-order valence-electron chi connectivity index (χ0n) is 22.0. The number of benzene rings is 2. The standard InChI is InChI=1S/C28H28O14/c1-10-17(30)20(33)22(35)27(37-10)42-25-21(34)19(32)15(9-29)40-28(25)39-14-8-4-6-12-23(14)41-26(36)16-18(31)11-5-2-3-7-13(11)38-24(12)16/h2-8,10,15,17,19-22,25,27-30,32-35H,9H2,1H3/t10-,15+,17-,19+,20+,21-,22+,25+,27-,28+/m0/s1. The molecule has 2 fully saturated rings. The molecule has 4 aromatic rings. The van der Waals surface area contributed by atoms with Gasteiger partial charge < -0.3 is 58.4 Å². The second-order valence-corrected chi connectivity index (χ2v) is 10.3. The minimum absolute atomic E-state index is 0.0447. The molecular formula is C28H28O14.